The third-order valence-electron chi connectivity index (χ3n) is 9.95. The van der Waals surface area contributed by atoms with Crippen LogP contribution in [0.4, 0.5) is 17.3 Å². The van der Waals surface area contributed by atoms with Crippen LogP contribution in [0.3, 0.4) is 0 Å². The summed E-state index contributed by atoms with van der Waals surface area (Å²) in [7, 11) is -3.12. The van der Waals surface area contributed by atoms with E-state index in [2.05, 4.69) is 63.2 Å². The highest BCUT2D eigenvalue weighted by molar-refractivity contribution is 7.70. The number of hydrogen-bond acceptors (Lipinski definition) is 9. The number of nitriles is 1. The van der Waals surface area contributed by atoms with Gasteiger partial charge in [-0.3, -0.25) is 0 Å². The zero-order valence-corrected chi connectivity index (χ0v) is 31.2. The van der Waals surface area contributed by atoms with Crippen LogP contribution < -0.4 is 15.6 Å². The Morgan fingerprint density at radius 2 is 1.96 bits per heavy atom. The quantitative estimate of drug-likeness (QED) is 0.124. The average Bonchev–Trinajstić information content (AvgIpc) is 3.78. The fraction of sp³-hybridized carbons (Fsp3) is 0.514. The molecule has 3 heterocycles. The molecule has 2 aliphatic rings. The van der Waals surface area contributed by atoms with E-state index in [1.807, 2.05) is 29.9 Å². The maximum Gasteiger partial charge on any atom is 0.329 e. The van der Waals surface area contributed by atoms with Crippen LogP contribution >= 0.6 is 7.14 Å². The van der Waals surface area contributed by atoms with E-state index < -0.39 is 20.9 Å². The van der Waals surface area contributed by atoms with Gasteiger partial charge >= 0.3 is 7.41 Å². The zero-order valence-electron chi connectivity index (χ0n) is 29.3. The lowest BCUT2D eigenvalue weighted by Crippen LogP contribution is -2.46. The number of pyridine rings is 1. The van der Waals surface area contributed by atoms with Crippen molar-refractivity contribution in [1.29, 1.82) is 5.26 Å². The highest BCUT2D eigenvalue weighted by Gasteiger charge is 2.44. The van der Waals surface area contributed by atoms with Gasteiger partial charge < -0.3 is 23.9 Å². The number of nitrogens with zero attached hydrogens (tertiary/aromatic N) is 5. The SMILES string of the molecule is Cc1cc(Nc2nccc(-c3cc(C#N)c4c(c3)[C@@](C)(CO[Si](C)(C)C(C)(C)C)CN4[B]C=O)n2)c(CCC2CC2)nc1P(C)(C)=O. The number of rotatable bonds is 12. The van der Waals surface area contributed by atoms with Gasteiger partial charge in [0.2, 0.25) is 5.95 Å². The number of anilines is 3. The van der Waals surface area contributed by atoms with Crippen molar-refractivity contribution in [3.8, 4) is 17.3 Å². The van der Waals surface area contributed by atoms with Gasteiger partial charge in [0.25, 0.3) is 0 Å². The number of benzene rings is 1. The predicted octanol–water partition coefficient (Wildman–Crippen LogP) is 6.96. The normalized spacial score (nSPS) is 18.1. The lowest BCUT2D eigenvalue weighted by molar-refractivity contribution is 0.219. The summed E-state index contributed by atoms with van der Waals surface area (Å²) in [6.45, 7) is 19.7. The van der Waals surface area contributed by atoms with Crippen LogP contribution in [-0.2, 0) is 25.6 Å². The number of aryl methyl sites for hydroxylation is 2. The summed E-state index contributed by atoms with van der Waals surface area (Å²) in [5, 5.41) is 13.8. The molecule has 3 aromatic rings. The fourth-order valence-electron chi connectivity index (χ4n) is 5.99. The van der Waals surface area contributed by atoms with Crippen LogP contribution in [0.1, 0.15) is 69.3 Å². The highest BCUT2D eigenvalue weighted by atomic mass is 31.2. The Balaban J connectivity index is 1.52. The van der Waals surface area contributed by atoms with E-state index in [1.54, 1.807) is 19.5 Å². The number of aromatic nitrogens is 3. The van der Waals surface area contributed by atoms with E-state index in [4.69, 9.17) is 14.4 Å². The van der Waals surface area contributed by atoms with E-state index in [0.717, 1.165) is 58.7 Å². The fourth-order valence-corrected chi connectivity index (χ4v) is 8.38. The van der Waals surface area contributed by atoms with Crippen LogP contribution in [0.2, 0.25) is 18.1 Å². The molecule has 0 unspecified atom stereocenters. The third-order valence-corrected chi connectivity index (χ3v) is 15.9. The summed E-state index contributed by atoms with van der Waals surface area (Å²) in [5.74, 6) is 1.15. The van der Waals surface area contributed by atoms with Gasteiger partial charge in [0.1, 0.15) is 24.8 Å². The Hall–Kier alpha value is -3.32. The highest BCUT2D eigenvalue weighted by Crippen LogP contribution is 2.46. The molecule has 1 fully saturated rings. The Labute approximate surface area is 281 Å². The smallest absolute Gasteiger partial charge is 0.329 e. The van der Waals surface area contributed by atoms with E-state index in [1.165, 1.54) is 20.3 Å². The average molecular weight is 670 g/mol. The first-order chi connectivity index (χ1) is 22.0. The van der Waals surface area contributed by atoms with Crippen molar-refractivity contribution in [3.05, 3.63) is 52.8 Å². The van der Waals surface area contributed by atoms with E-state index in [-0.39, 0.29) is 5.04 Å². The third kappa shape index (κ3) is 7.56. The zero-order chi connectivity index (χ0) is 34.4. The second-order valence-electron chi connectivity index (χ2n) is 15.4. The number of carbonyl (C=O) groups is 1. The molecule has 247 valence electrons. The largest absolute Gasteiger partial charge is 0.416 e. The molecule has 5 rings (SSSR count). The summed E-state index contributed by atoms with van der Waals surface area (Å²) in [5.41, 5.74) is 6.41. The monoisotopic (exact) mass is 669 g/mol. The molecule has 12 heteroatoms. The van der Waals surface area contributed by atoms with Crippen LogP contribution in [0.15, 0.2) is 30.5 Å². The minimum atomic E-state index is -2.55. The summed E-state index contributed by atoms with van der Waals surface area (Å²) >= 11 is 0. The summed E-state index contributed by atoms with van der Waals surface area (Å²) in [6, 6.07) is 10.1. The maximum absolute atomic E-state index is 13.0. The van der Waals surface area contributed by atoms with Crippen molar-refractivity contribution in [2.75, 3.05) is 36.6 Å². The van der Waals surface area contributed by atoms with Gasteiger partial charge in [-0.1, -0.05) is 40.5 Å². The first-order valence-electron chi connectivity index (χ1n) is 16.4. The Morgan fingerprint density at radius 1 is 1.23 bits per heavy atom. The van der Waals surface area contributed by atoms with Gasteiger partial charge in [-0.05, 0) is 92.5 Å². The van der Waals surface area contributed by atoms with Crippen molar-refractivity contribution in [2.24, 2.45) is 5.92 Å². The summed E-state index contributed by atoms with van der Waals surface area (Å²) < 4.78 is 19.7. The van der Waals surface area contributed by atoms with E-state index in [0.29, 0.717) is 35.8 Å². The van der Waals surface area contributed by atoms with Crippen molar-refractivity contribution < 1.29 is 13.8 Å². The van der Waals surface area contributed by atoms with Crippen LogP contribution in [0.25, 0.3) is 11.3 Å². The van der Waals surface area contributed by atoms with Crippen LogP contribution in [-0.4, -0.2) is 63.4 Å². The van der Waals surface area contributed by atoms with Crippen molar-refractivity contribution in [3.63, 3.8) is 0 Å². The van der Waals surface area contributed by atoms with Crippen LogP contribution in [0.5, 0.6) is 0 Å². The molecule has 0 saturated heterocycles. The molecule has 1 N–H and O–H groups in total. The van der Waals surface area contributed by atoms with Gasteiger partial charge in [-0.15, -0.1) is 0 Å². The molecule has 1 atom stereocenters. The van der Waals surface area contributed by atoms with Gasteiger partial charge in [-0.2, -0.15) is 5.26 Å². The number of nitrogens with one attached hydrogen (secondary N) is 1. The second-order valence-corrected chi connectivity index (χ2v) is 23.3. The number of fused-ring (bicyclic) bond motifs is 1. The topological polar surface area (TPSA) is 121 Å². The van der Waals surface area contributed by atoms with Gasteiger partial charge in [-0.25, -0.2) is 15.0 Å². The number of carbonyl (C=O) groups excluding carboxylic acids is 1. The maximum atomic E-state index is 13.0. The molecule has 0 amide bonds. The molecular weight excluding hydrogens is 622 g/mol. The van der Waals surface area contributed by atoms with E-state index in [9.17, 15) is 14.6 Å². The second kappa shape index (κ2) is 12.9. The van der Waals surface area contributed by atoms with Gasteiger partial charge in [0.05, 0.1) is 22.6 Å². The molecular formula is C35H47BN6O3PSi. The van der Waals surface area contributed by atoms with E-state index >= 15 is 0 Å². The van der Waals surface area contributed by atoms with Crippen molar-refractivity contribution in [2.45, 2.75) is 83.8 Å². The first kappa shape index (κ1) is 35.0. The lowest BCUT2D eigenvalue weighted by Gasteiger charge is -2.39. The van der Waals surface area contributed by atoms with Crippen LogP contribution in [0, 0.1) is 24.2 Å². The Bertz CT molecular complexity index is 1780. The molecule has 47 heavy (non-hydrogen) atoms. The molecule has 2 aromatic heterocycles. The Morgan fingerprint density at radius 3 is 2.57 bits per heavy atom. The predicted molar refractivity (Wildman–Crippen MR) is 195 cm³/mol. The first-order valence-corrected chi connectivity index (χ1v) is 21.9. The standard InChI is InChI=1S/C35H47BN6O3PSi/c1-23-16-30(29(13-12-24-10-11-24)39-32(23)46(6,7)44)41-33-38-15-14-28(40-33)25-17-26(19-37)31-27(18-25)35(5,20-42(31)36-22-43)21-45-47(8,9)34(2,3)4/h14-18,22,24H,10-13,20-21H2,1-9H3,(H,38,40,41)/t35-/m1/s1. The molecule has 9 nitrogen and oxygen atoms in total. The molecule has 1 aromatic carbocycles. The molecule has 1 radical (unpaired) electrons. The van der Waals surface area contributed by atoms with Crippen molar-refractivity contribution >= 4 is 51.8 Å². The summed E-state index contributed by atoms with van der Waals surface area (Å²) in [6.07, 6.45) is 6.82. The molecule has 0 spiro atoms. The Kier molecular flexibility index (Phi) is 9.64. The van der Waals surface area contributed by atoms with Gasteiger partial charge in [0.15, 0.2) is 8.32 Å². The molecule has 1 saturated carbocycles. The minimum Gasteiger partial charge on any atom is -0.416 e. The minimum absolute atomic E-state index is 0.0440. The number of hydrogen-bond donors (Lipinski definition) is 1. The lowest BCUT2D eigenvalue weighted by atomic mass is 9.83. The molecule has 1 aliphatic heterocycles. The molecule has 0 bridgehead atoms. The van der Waals surface area contributed by atoms with Crippen molar-refractivity contribution in [1.82, 2.24) is 15.0 Å². The summed E-state index contributed by atoms with van der Waals surface area (Å²) in [4.78, 5) is 27.9. The van der Waals surface area contributed by atoms with Gasteiger partial charge in [0, 0.05) is 36.0 Å². The molecule has 1 aliphatic carbocycles.